The van der Waals surface area contributed by atoms with Gasteiger partial charge in [-0.3, -0.25) is 0 Å². The molecule has 1 aromatic rings. The molecule has 0 fully saturated rings. The Morgan fingerprint density at radius 1 is 1.50 bits per heavy atom. The first-order chi connectivity index (χ1) is 6.43. The van der Waals surface area contributed by atoms with E-state index in [1.54, 1.807) is 0 Å². The van der Waals surface area contributed by atoms with Crippen LogP contribution in [-0.4, -0.2) is 16.1 Å². The quantitative estimate of drug-likeness (QED) is 0.641. The van der Waals surface area contributed by atoms with Crippen molar-refractivity contribution in [2.75, 3.05) is 0 Å². The van der Waals surface area contributed by atoms with Crippen molar-refractivity contribution < 1.29 is 9.90 Å². The number of carboxylic acids is 1. The molecule has 0 saturated carbocycles. The van der Waals surface area contributed by atoms with Crippen LogP contribution in [0.5, 0.6) is 0 Å². The first-order valence-electron chi connectivity index (χ1n) is 3.31. The molecule has 0 spiro atoms. The second kappa shape index (κ2) is 4.79. The van der Waals surface area contributed by atoms with Crippen LogP contribution >= 0.6 is 55.1 Å². The fraction of sp³-hybridized carbons (Fsp3) is 0.143. The lowest BCUT2D eigenvalue weighted by molar-refractivity contribution is 0.0696. The van der Waals surface area contributed by atoms with Gasteiger partial charge in [-0.25, -0.2) is 9.78 Å². The molecule has 1 aromatic heterocycles. The molecule has 0 aliphatic rings. The first kappa shape index (κ1) is 12.2. The van der Waals surface area contributed by atoms with Crippen LogP contribution in [0, 0.1) is 0 Å². The van der Waals surface area contributed by atoms with E-state index in [0.717, 1.165) is 0 Å². The maximum Gasteiger partial charge on any atom is 0.339 e. The minimum Gasteiger partial charge on any atom is -0.478 e. The van der Waals surface area contributed by atoms with Crippen LogP contribution in [-0.2, 0) is 0 Å². The Balaban J connectivity index is 3.44. The third-order valence-corrected chi connectivity index (χ3v) is 2.88. The predicted molar refractivity (Wildman–Crippen MR) is 61.8 cm³/mol. The number of aromatic nitrogens is 1. The van der Waals surface area contributed by atoms with Gasteiger partial charge < -0.3 is 5.11 Å². The zero-order valence-corrected chi connectivity index (χ0v) is 11.2. The van der Waals surface area contributed by atoms with Crippen molar-refractivity contribution >= 4 is 61.0 Å². The monoisotopic (exact) mass is 361 g/mol. The highest BCUT2D eigenvalue weighted by atomic mass is 79.9. The number of alkyl halides is 2. The van der Waals surface area contributed by atoms with Crippen molar-refractivity contribution in [3.05, 3.63) is 27.5 Å². The average Bonchev–Trinajstić information content (AvgIpc) is 2.01. The zero-order valence-electron chi connectivity index (χ0n) is 6.47. The second-order valence-corrected chi connectivity index (χ2v) is 6.11. The minimum atomic E-state index is -1.14. The summed E-state index contributed by atoms with van der Waals surface area (Å²) in [6.07, 6.45) is 0. The van der Waals surface area contributed by atoms with Crippen molar-refractivity contribution in [1.82, 2.24) is 4.98 Å². The number of aromatic carboxylic acids is 1. The van der Waals surface area contributed by atoms with E-state index in [0.29, 0.717) is 5.56 Å². The van der Waals surface area contributed by atoms with Crippen LogP contribution in [0.3, 0.4) is 0 Å². The standard InChI is InChI=1S/C7H3Br2Cl2NO2/c8-5(9)2-1-3(10)12-6(11)4(2)7(13)14/h1,5H,(H,13,14). The largest absolute Gasteiger partial charge is 0.478 e. The molecule has 0 aliphatic heterocycles. The molecule has 0 atom stereocenters. The van der Waals surface area contributed by atoms with Crippen molar-refractivity contribution in [2.45, 2.75) is 3.74 Å². The number of rotatable bonds is 2. The zero-order chi connectivity index (χ0) is 10.9. The third-order valence-electron chi connectivity index (χ3n) is 1.42. The van der Waals surface area contributed by atoms with Gasteiger partial charge in [-0.2, -0.15) is 0 Å². The summed E-state index contributed by atoms with van der Waals surface area (Å²) in [7, 11) is 0. The smallest absolute Gasteiger partial charge is 0.339 e. The van der Waals surface area contributed by atoms with E-state index in [1.165, 1.54) is 6.07 Å². The molecule has 3 nitrogen and oxygen atoms in total. The van der Waals surface area contributed by atoms with Crippen LogP contribution in [0.25, 0.3) is 0 Å². The molecule has 0 amide bonds. The van der Waals surface area contributed by atoms with Gasteiger partial charge in [0.25, 0.3) is 0 Å². The number of carbonyl (C=O) groups is 1. The normalized spacial score (nSPS) is 10.6. The van der Waals surface area contributed by atoms with E-state index >= 15 is 0 Å². The van der Waals surface area contributed by atoms with Crippen LogP contribution < -0.4 is 0 Å². The predicted octanol–water partition coefficient (Wildman–Crippen LogP) is 3.88. The van der Waals surface area contributed by atoms with E-state index in [9.17, 15) is 4.79 Å². The summed E-state index contributed by atoms with van der Waals surface area (Å²) in [5, 5.41) is 8.91. The molecular formula is C7H3Br2Cl2NO2. The summed E-state index contributed by atoms with van der Waals surface area (Å²) in [6.45, 7) is 0. The highest BCUT2D eigenvalue weighted by molar-refractivity contribution is 9.24. The van der Waals surface area contributed by atoms with Crippen molar-refractivity contribution in [3.63, 3.8) is 0 Å². The number of pyridine rings is 1. The van der Waals surface area contributed by atoms with Crippen LogP contribution in [0.4, 0.5) is 0 Å². The highest BCUT2D eigenvalue weighted by Gasteiger charge is 2.20. The number of nitrogens with zero attached hydrogens (tertiary/aromatic N) is 1. The maximum atomic E-state index is 10.8. The lowest BCUT2D eigenvalue weighted by Gasteiger charge is -2.08. The molecule has 0 radical (unpaired) electrons. The first-order valence-corrected chi connectivity index (χ1v) is 5.89. The van der Waals surface area contributed by atoms with E-state index in [4.69, 9.17) is 28.3 Å². The number of carboxylic acid groups (broad SMARTS) is 1. The van der Waals surface area contributed by atoms with E-state index in [-0.39, 0.29) is 19.6 Å². The van der Waals surface area contributed by atoms with Gasteiger partial charge in [-0.15, -0.1) is 0 Å². The minimum absolute atomic E-state index is 0.0604. The van der Waals surface area contributed by atoms with Crippen molar-refractivity contribution in [2.24, 2.45) is 0 Å². The Morgan fingerprint density at radius 3 is 2.50 bits per heavy atom. The highest BCUT2D eigenvalue weighted by Crippen LogP contribution is 2.35. The van der Waals surface area contributed by atoms with Crippen LogP contribution in [0.2, 0.25) is 10.3 Å². The third kappa shape index (κ3) is 2.59. The molecule has 1 N–H and O–H groups in total. The SMILES string of the molecule is O=C(O)c1c(C(Br)Br)cc(Cl)nc1Cl. The number of halogens is 4. The fourth-order valence-corrected chi connectivity index (χ4v) is 2.13. The Labute approximate surface area is 107 Å². The molecule has 0 aromatic carbocycles. The van der Waals surface area contributed by atoms with E-state index < -0.39 is 5.97 Å². The van der Waals surface area contributed by atoms with Gasteiger partial charge in [0.15, 0.2) is 0 Å². The molecule has 1 heterocycles. The molecule has 7 heteroatoms. The maximum absolute atomic E-state index is 10.8. The molecule has 0 unspecified atom stereocenters. The Hall–Kier alpha value is 0.160. The lowest BCUT2D eigenvalue weighted by Crippen LogP contribution is -2.04. The fourth-order valence-electron chi connectivity index (χ4n) is 0.885. The topological polar surface area (TPSA) is 50.2 Å². The van der Waals surface area contributed by atoms with Crippen molar-refractivity contribution in [3.8, 4) is 0 Å². The average molecular weight is 364 g/mol. The molecule has 0 bridgehead atoms. The summed E-state index contributed by atoms with van der Waals surface area (Å²) in [4.78, 5) is 14.5. The summed E-state index contributed by atoms with van der Waals surface area (Å²) in [5.74, 6) is -1.14. The Morgan fingerprint density at radius 2 is 2.07 bits per heavy atom. The lowest BCUT2D eigenvalue weighted by atomic mass is 10.2. The molecule has 1 rings (SSSR count). The molecule has 76 valence electrons. The summed E-state index contributed by atoms with van der Waals surface area (Å²) in [6, 6.07) is 1.44. The van der Waals surface area contributed by atoms with Gasteiger partial charge in [0.1, 0.15) is 15.9 Å². The Bertz CT molecular complexity index is 384. The second-order valence-electron chi connectivity index (χ2n) is 2.31. The number of hydrogen-bond acceptors (Lipinski definition) is 2. The van der Waals surface area contributed by atoms with Crippen LogP contribution in [0.15, 0.2) is 6.07 Å². The molecule has 0 aliphatic carbocycles. The van der Waals surface area contributed by atoms with E-state index in [2.05, 4.69) is 36.8 Å². The summed E-state index contributed by atoms with van der Waals surface area (Å²) >= 11 is 17.7. The van der Waals surface area contributed by atoms with Gasteiger partial charge in [0.2, 0.25) is 0 Å². The van der Waals surface area contributed by atoms with Gasteiger partial charge >= 0.3 is 5.97 Å². The van der Waals surface area contributed by atoms with Gasteiger partial charge in [-0.05, 0) is 11.6 Å². The van der Waals surface area contributed by atoms with Crippen molar-refractivity contribution in [1.29, 1.82) is 0 Å². The number of hydrogen-bond donors (Lipinski definition) is 1. The summed E-state index contributed by atoms with van der Waals surface area (Å²) in [5.41, 5.74) is 0.373. The molecular weight excluding hydrogens is 361 g/mol. The Kier molecular flexibility index (Phi) is 4.18. The molecule has 0 saturated heterocycles. The van der Waals surface area contributed by atoms with E-state index in [1.807, 2.05) is 0 Å². The summed E-state index contributed by atoms with van der Waals surface area (Å²) < 4.78 is -0.334. The van der Waals surface area contributed by atoms with Gasteiger partial charge in [0.05, 0.1) is 3.74 Å². The van der Waals surface area contributed by atoms with Gasteiger partial charge in [0, 0.05) is 0 Å². The van der Waals surface area contributed by atoms with Crippen LogP contribution in [0.1, 0.15) is 19.7 Å². The molecule has 14 heavy (non-hydrogen) atoms. The van der Waals surface area contributed by atoms with Gasteiger partial charge in [-0.1, -0.05) is 55.1 Å².